The number of imide groups is 1. The van der Waals surface area contributed by atoms with Gasteiger partial charge in [0, 0.05) is 13.1 Å². The quantitative estimate of drug-likeness (QED) is 0.711. The van der Waals surface area contributed by atoms with E-state index in [-0.39, 0.29) is 11.9 Å². The Hall–Kier alpha value is -1.10. The third kappa shape index (κ3) is 4.64. The second-order valence-corrected chi connectivity index (χ2v) is 5.08. The summed E-state index contributed by atoms with van der Waals surface area (Å²) >= 11 is 0. The molecule has 18 heavy (non-hydrogen) atoms. The Morgan fingerprint density at radius 1 is 1.22 bits per heavy atom. The molecule has 104 valence electrons. The molecule has 3 amide bonds. The maximum absolute atomic E-state index is 11.7. The average molecular weight is 255 g/mol. The van der Waals surface area contributed by atoms with Gasteiger partial charge in [0.25, 0.3) is 0 Å². The summed E-state index contributed by atoms with van der Waals surface area (Å²) in [6.07, 6.45) is 5.96. The zero-order chi connectivity index (χ0) is 13.5. The van der Waals surface area contributed by atoms with Crippen molar-refractivity contribution in [3.8, 4) is 0 Å². The van der Waals surface area contributed by atoms with E-state index in [0.29, 0.717) is 6.04 Å². The molecular weight excluding hydrogens is 230 g/mol. The number of hydrogen-bond acceptors (Lipinski definition) is 3. The van der Waals surface area contributed by atoms with Gasteiger partial charge in [0.05, 0.1) is 6.04 Å². The van der Waals surface area contributed by atoms with Crippen LogP contribution in [0.2, 0.25) is 0 Å². The number of carbonyl (C=O) groups excluding carboxylic acids is 2. The molecule has 0 bridgehead atoms. The first-order valence-electron chi connectivity index (χ1n) is 6.85. The third-order valence-electron chi connectivity index (χ3n) is 3.77. The summed E-state index contributed by atoms with van der Waals surface area (Å²) in [5.74, 6) is 0.574. The molecule has 1 rings (SSSR count). The van der Waals surface area contributed by atoms with Gasteiger partial charge in [0.1, 0.15) is 0 Å². The maximum atomic E-state index is 11.7. The number of hydrogen-bond donors (Lipinski definition) is 3. The highest BCUT2D eigenvalue weighted by Crippen LogP contribution is 2.26. The lowest BCUT2D eigenvalue weighted by atomic mass is 9.84. The second kappa shape index (κ2) is 7.36. The van der Waals surface area contributed by atoms with Crippen molar-refractivity contribution in [2.45, 2.75) is 58.0 Å². The summed E-state index contributed by atoms with van der Waals surface area (Å²) < 4.78 is 0. The van der Waals surface area contributed by atoms with Crippen LogP contribution in [-0.2, 0) is 4.79 Å². The molecule has 1 saturated carbocycles. The minimum atomic E-state index is -0.455. The summed E-state index contributed by atoms with van der Waals surface area (Å²) in [7, 11) is 1.49. The Morgan fingerprint density at radius 3 is 2.33 bits per heavy atom. The van der Waals surface area contributed by atoms with Crippen molar-refractivity contribution in [1.29, 1.82) is 0 Å². The maximum Gasteiger partial charge on any atom is 0.321 e. The molecule has 0 aromatic heterocycles. The standard InChI is InChI=1S/C13H25N3O2/c1-4-10-5-7-11(8-6-10)15-9(2)12(17)16-13(18)14-3/h9-11,15H,4-8H2,1-3H3,(H2,14,16,17,18). The number of nitrogens with one attached hydrogen (secondary N) is 3. The molecule has 5 nitrogen and oxygen atoms in total. The third-order valence-corrected chi connectivity index (χ3v) is 3.77. The van der Waals surface area contributed by atoms with Gasteiger partial charge in [-0.1, -0.05) is 13.3 Å². The van der Waals surface area contributed by atoms with Crippen LogP contribution in [-0.4, -0.2) is 31.1 Å². The van der Waals surface area contributed by atoms with E-state index in [1.807, 2.05) is 0 Å². The predicted octanol–water partition coefficient (Wildman–Crippen LogP) is 1.39. The molecule has 0 aromatic rings. The van der Waals surface area contributed by atoms with Crippen LogP contribution in [0.3, 0.4) is 0 Å². The van der Waals surface area contributed by atoms with E-state index >= 15 is 0 Å². The van der Waals surface area contributed by atoms with Crippen molar-refractivity contribution >= 4 is 11.9 Å². The van der Waals surface area contributed by atoms with Gasteiger partial charge in [0.15, 0.2) is 0 Å². The lowest BCUT2D eigenvalue weighted by Gasteiger charge is -2.30. The van der Waals surface area contributed by atoms with E-state index in [2.05, 4.69) is 22.9 Å². The molecule has 5 heteroatoms. The fourth-order valence-electron chi connectivity index (χ4n) is 2.45. The summed E-state index contributed by atoms with van der Waals surface area (Å²) in [6.45, 7) is 4.03. The molecule has 0 radical (unpaired) electrons. The molecule has 1 atom stereocenters. The highest BCUT2D eigenvalue weighted by molar-refractivity contribution is 5.96. The van der Waals surface area contributed by atoms with Crippen LogP contribution in [0.1, 0.15) is 46.0 Å². The van der Waals surface area contributed by atoms with Gasteiger partial charge >= 0.3 is 6.03 Å². The number of urea groups is 1. The minimum absolute atomic E-state index is 0.271. The average Bonchev–Trinajstić information content (AvgIpc) is 2.39. The predicted molar refractivity (Wildman–Crippen MR) is 71.2 cm³/mol. The molecule has 1 aliphatic carbocycles. The van der Waals surface area contributed by atoms with Gasteiger partial charge in [-0.25, -0.2) is 4.79 Å². The van der Waals surface area contributed by atoms with Crippen molar-refractivity contribution in [2.24, 2.45) is 5.92 Å². The SMILES string of the molecule is CCC1CCC(NC(C)C(=O)NC(=O)NC)CC1. The highest BCUT2D eigenvalue weighted by Gasteiger charge is 2.23. The van der Waals surface area contributed by atoms with Gasteiger partial charge in [-0.2, -0.15) is 0 Å². The zero-order valence-corrected chi connectivity index (χ0v) is 11.6. The largest absolute Gasteiger partial charge is 0.341 e. The smallest absolute Gasteiger partial charge is 0.321 e. The molecule has 0 heterocycles. The molecule has 0 aliphatic heterocycles. The van der Waals surface area contributed by atoms with E-state index in [9.17, 15) is 9.59 Å². The Morgan fingerprint density at radius 2 is 1.83 bits per heavy atom. The summed E-state index contributed by atoms with van der Waals surface area (Å²) in [5, 5.41) is 7.96. The van der Waals surface area contributed by atoms with E-state index in [1.54, 1.807) is 6.92 Å². The molecule has 0 saturated heterocycles. The van der Waals surface area contributed by atoms with Crippen molar-refractivity contribution in [1.82, 2.24) is 16.0 Å². The minimum Gasteiger partial charge on any atom is -0.341 e. The number of carbonyl (C=O) groups is 2. The van der Waals surface area contributed by atoms with Crippen LogP contribution >= 0.6 is 0 Å². The van der Waals surface area contributed by atoms with Crippen LogP contribution in [0.5, 0.6) is 0 Å². The first-order valence-corrected chi connectivity index (χ1v) is 6.85. The lowest BCUT2D eigenvalue weighted by molar-refractivity contribution is -0.121. The van der Waals surface area contributed by atoms with Crippen LogP contribution in [0.15, 0.2) is 0 Å². The summed E-state index contributed by atoms with van der Waals surface area (Å²) in [5.41, 5.74) is 0. The molecule has 3 N–H and O–H groups in total. The molecular formula is C13H25N3O2. The van der Waals surface area contributed by atoms with E-state index in [4.69, 9.17) is 0 Å². The van der Waals surface area contributed by atoms with Gasteiger partial charge < -0.3 is 10.6 Å². The molecule has 1 aliphatic rings. The van der Waals surface area contributed by atoms with Crippen LogP contribution in [0.25, 0.3) is 0 Å². The monoisotopic (exact) mass is 255 g/mol. The fourth-order valence-corrected chi connectivity index (χ4v) is 2.45. The first-order chi connectivity index (χ1) is 8.56. The van der Waals surface area contributed by atoms with E-state index in [1.165, 1.54) is 26.3 Å². The molecule has 1 fully saturated rings. The molecule has 1 unspecified atom stereocenters. The second-order valence-electron chi connectivity index (χ2n) is 5.08. The highest BCUT2D eigenvalue weighted by atomic mass is 16.2. The Balaban J connectivity index is 2.30. The van der Waals surface area contributed by atoms with Crippen LogP contribution in [0.4, 0.5) is 4.79 Å². The normalized spacial score (nSPS) is 25.3. The van der Waals surface area contributed by atoms with Gasteiger partial charge in [-0.3, -0.25) is 10.1 Å². The molecule has 0 aromatic carbocycles. The summed E-state index contributed by atoms with van der Waals surface area (Å²) in [6, 6.07) is -0.382. The van der Waals surface area contributed by atoms with E-state index in [0.717, 1.165) is 18.8 Å². The van der Waals surface area contributed by atoms with Crippen molar-refractivity contribution in [3.63, 3.8) is 0 Å². The number of amides is 3. The first kappa shape index (κ1) is 15.0. The van der Waals surface area contributed by atoms with Crippen molar-refractivity contribution in [2.75, 3.05) is 7.05 Å². The lowest BCUT2D eigenvalue weighted by Crippen LogP contribution is -2.50. The van der Waals surface area contributed by atoms with Crippen molar-refractivity contribution < 1.29 is 9.59 Å². The van der Waals surface area contributed by atoms with Gasteiger partial charge in [-0.05, 0) is 38.5 Å². The van der Waals surface area contributed by atoms with Gasteiger partial charge in [-0.15, -0.1) is 0 Å². The van der Waals surface area contributed by atoms with Crippen LogP contribution < -0.4 is 16.0 Å². The number of rotatable bonds is 4. The zero-order valence-electron chi connectivity index (χ0n) is 11.6. The fraction of sp³-hybridized carbons (Fsp3) is 0.846. The van der Waals surface area contributed by atoms with Crippen molar-refractivity contribution in [3.05, 3.63) is 0 Å². The topological polar surface area (TPSA) is 70.2 Å². The van der Waals surface area contributed by atoms with Crippen LogP contribution in [0, 0.1) is 5.92 Å². The van der Waals surface area contributed by atoms with E-state index < -0.39 is 6.03 Å². The Kier molecular flexibility index (Phi) is 6.12. The van der Waals surface area contributed by atoms with Gasteiger partial charge in [0.2, 0.25) is 5.91 Å². The Bertz CT molecular complexity index is 286. The Labute approximate surface area is 109 Å². The summed E-state index contributed by atoms with van der Waals surface area (Å²) in [4.78, 5) is 22.7. The molecule has 0 spiro atoms.